The maximum absolute atomic E-state index is 11.7. The summed E-state index contributed by atoms with van der Waals surface area (Å²) in [5.74, 6) is 0.392. The zero-order chi connectivity index (χ0) is 12.5. The summed E-state index contributed by atoms with van der Waals surface area (Å²) in [7, 11) is 1.71. The molecule has 1 atom stereocenters. The van der Waals surface area contributed by atoms with Crippen LogP contribution in [0.15, 0.2) is 17.2 Å². The first-order valence-electron chi connectivity index (χ1n) is 5.91. The van der Waals surface area contributed by atoms with Crippen molar-refractivity contribution in [2.75, 3.05) is 11.9 Å². The predicted molar refractivity (Wildman–Crippen MR) is 66.2 cm³/mol. The lowest BCUT2D eigenvalue weighted by Crippen LogP contribution is -2.28. The lowest BCUT2D eigenvalue weighted by molar-refractivity contribution is -0.00914. The molecule has 5 nitrogen and oxygen atoms in total. The molecule has 0 aliphatic carbocycles. The van der Waals surface area contributed by atoms with Crippen molar-refractivity contribution >= 4 is 5.82 Å². The fourth-order valence-corrected chi connectivity index (χ4v) is 2.05. The first-order chi connectivity index (χ1) is 7.98. The van der Waals surface area contributed by atoms with Gasteiger partial charge in [0.1, 0.15) is 0 Å². The van der Waals surface area contributed by atoms with E-state index in [4.69, 9.17) is 4.74 Å². The summed E-state index contributed by atoms with van der Waals surface area (Å²) in [4.78, 5) is 15.7. The molecule has 1 N–H and O–H groups in total. The van der Waals surface area contributed by atoms with Crippen LogP contribution >= 0.6 is 0 Å². The molecular weight excluding hydrogens is 218 g/mol. The zero-order valence-corrected chi connectivity index (χ0v) is 10.6. The van der Waals surface area contributed by atoms with Crippen molar-refractivity contribution in [1.82, 2.24) is 9.55 Å². The van der Waals surface area contributed by atoms with Crippen LogP contribution in [-0.2, 0) is 11.8 Å². The molecule has 0 radical (unpaired) electrons. The molecule has 0 spiro atoms. The van der Waals surface area contributed by atoms with Crippen molar-refractivity contribution in [3.63, 3.8) is 0 Å². The molecule has 0 amide bonds. The quantitative estimate of drug-likeness (QED) is 0.856. The van der Waals surface area contributed by atoms with E-state index in [-0.39, 0.29) is 17.3 Å². The van der Waals surface area contributed by atoms with Crippen LogP contribution in [0.25, 0.3) is 0 Å². The van der Waals surface area contributed by atoms with Gasteiger partial charge < -0.3 is 14.6 Å². The highest BCUT2D eigenvalue weighted by Crippen LogP contribution is 2.29. The smallest absolute Gasteiger partial charge is 0.293 e. The van der Waals surface area contributed by atoms with Gasteiger partial charge in [0.15, 0.2) is 5.82 Å². The maximum atomic E-state index is 11.7. The number of aromatic nitrogens is 2. The largest absolute Gasteiger partial charge is 0.371 e. The van der Waals surface area contributed by atoms with Gasteiger partial charge in [-0.3, -0.25) is 4.79 Å². The van der Waals surface area contributed by atoms with Gasteiger partial charge in [-0.25, -0.2) is 4.98 Å². The first kappa shape index (κ1) is 12.1. The van der Waals surface area contributed by atoms with Crippen molar-refractivity contribution in [2.24, 2.45) is 7.05 Å². The Hall–Kier alpha value is -1.36. The van der Waals surface area contributed by atoms with Gasteiger partial charge in [0.05, 0.1) is 11.7 Å². The minimum absolute atomic E-state index is 0.0403. The van der Waals surface area contributed by atoms with Crippen molar-refractivity contribution in [2.45, 2.75) is 38.4 Å². The van der Waals surface area contributed by atoms with E-state index in [1.807, 2.05) is 0 Å². The van der Waals surface area contributed by atoms with E-state index in [2.05, 4.69) is 24.1 Å². The van der Waals surface area contributed by atoms with Crippen molar-refractivity contribution in [3.8, 4) is 0 Å². The van der Waals surface area contributed by atoms with Gasteiger partial charge in [0.25, 0.3) is 5.56 Å². The molecule has 1 aromatic heterocycles. The van der Waals surface area contributed by atoms with E-state index in [0.717, 1.165) is 12.8 Å². The third-order valence-corrected chi connectivity index (χ3v) is 3.07. The Labute approximate surface area is 101 Å². The van der Waals surface area contributed by atoms with E-state index in [1.54, 1.807) is 19.4 Å². The Morgan fingerprint density at radius 1 is 1.65 bits per heavy atom. The van der Waals surface area contributed by atoms with Gasteiger partial charge >= 0.3 is 0 Å². The number of hydrogen-bond acceptors (Lipinski definition) is 4. The highest BCUT2D eigenvalue weighted by molar-refractivity contribution is 5.30. The summed E-state index contributed by atoms with van der Waals surface area (Å²) in [6.07, 6.45) is 5.50. The second-order valence-corrected chi connectivity index (χ2v) is 5.11. The second kappa shape index (κ2) is 4.49. The van der Waals surface area contributed by atoms with Gasteiger partial charge in [-0.15, -0.1) is 0 Å². The summed E-state index contributed by atoms with van der Waals surface area (Å²) < 4.78 is 7.35. The standard InChI is InChI=1S/C12H19N3O2/c1-12(2)5-4-9(17-12)8-14-10-11(16)15(3)7-6-13-10/h6-7,9H,4-5,8H2,1-3H3,(H,13,14). The van der Waals surface area contributed by atoms with Gasteiger partial charge in [0, 0.05) is 26.0 Å². The highest BCUT2D eigenvalue weighted by atomic mass is 16.5. The average Bonchev–Trinajstić information content (AvgIpc) is 2.61. The SMILES string of the molecule is Cn1ccnc(NCC2CCC(C)(C)O2)c1=O. The van der Waals surface area contributed by atoms with Crippen LogP contribution in [0, 0.1) is 0 Å². The molecule has 17 heavy (non-hydrogen) atoms. The number of anilines is 1. The summed E-state index contributed by atoms with van der Waals surface area (Å²) in [5, 5.41) is 3.06. The minimum Gasteiger partial charge on any atom is -0.371 e. The Bertz CT molecular complexity index is 453. The van der Waals surface area contributed by atoms with E-state index >= 15 is 0 Å². The molecule has 5 heteroatoms. The Morgan fingerprint density at radius 3 is 3.06 bits per heavy atom. The molecule has 1 aromatic rings. The average molecular weight is 237 g/mol. The molecule has 1 unspecified atom stereocenters. The fraction of sp³-hybridized carbons (Fsp3) is 0.667. The van der Waals surface area contributed by atoms with Gasteiger partial charge in [0.2, 0.25) is 0 Å². The number of nitrogens with one attached hydrogen (secondary N) is 1. The number of hydrogen-bond donors (Lipinski definition) is 1. The molecule has 1 aliphatic heterocycles. The summed E-state index contributed by atoms with van der Waals surface area (Å²) in [6, 6.07) is 0. The van der Waals surface area contributed by atoms with Gasteiger partial charge in [-0.1, -0.05) is 0 Å². The lowest BCUT2D eigenvalue weighted by Gasteiger charge is -2.19. The van der Waals surface area contributed by atoms with Crippen LogP contribution in [0.2, 0.25) is 0 Å². The molecule has 1 aliphatic rings. The van der Waals surface area contributed by atoms with Gasteiger partial charge in [-0.2, -0.15) is 0 Å². The van der Waals surface area contributed by atoms with Crippen LogP contribution in [0.4, 0.5) is 5.82 Å². The van der Waals surface area contributed by atoms with E-state index in [9.17, 15) is 4.79 Å². The van der Waals surface area contributed by atoms with Crippen LogP contribution in [0.5, 0.6) is 0 Å². The first-order valence-corrected chi connectivity index (χ1v) is 5.91. The molecule has 1 saturated heterocycles. The highest BCUT2D eigenvalue weighted by Gasteiger charge is 2.31. The second-order valence-electron chi connectivity index (χ2n) is 5.11. The van der Waals surface area contributed by atoms with E-state index in [1.165, 1.54) is 4.57 Å². The Balaban J connectivity index is 1.95. The van der Waals surface area contributed by atoms with Gasteiger partial charge in [-0.05, 0) is 26.7 Å². The number of aryl methyl sites for hydroxylation is 1. The molecule has 0 aromatic carbocycles. The summed E-state index contributed by atoms with van der Waals surface area (Å²) in [6.45, 7) is 4.81. The number of nitrogens with zero attached hydrogens (tertiary/aromatic N) is 2. The number of ether oxygens (including phenoxy) is 1. The van der Waals surface area contributed by atoms with Crippen molar-refractivity contribution < 1.29 is 4.74 Å². The molecule has 0 bridgehead atoms. The number of rotatable bonds is 3. The fourth-order valence-electron chi connectivity index (χ4n) is 2.05. The minimum atomic E-state index is -0.107. The maximum Gasteiger partial charge on any atom is 0.293 e. The van der Waals surface area contributed by atoms with E-state index < -0.39 is 0 Å². The Morgan fingerprint density at radius 2 is 2.41 bits per heavy atom. The summed E-state index contributed by atoms with van der Waals surface area (Å²) >= 11 is 0. The molecule has 0 saturated carbocycles. The van der Waals surface area contributed by atoms with Crippen LogP contribution in [0.1, 0.15) is 26.7 Å². The zero-order valence-electron chi connectivity index (χ0n) is 10.6. The third kappa shape index (κ3) is 2.85. The molecular formula is C12H19N3O2. The predicted octanol–water partition coefficient (Wildman–Crippen LogP) is 1.15. The van der Waals surface area contributed by atoms with E-state index in [0.29, 0.717) is 12.4 Å². The topological polar surface area (TPSA) is 56.1 Å². The van der Waals surface area contributed by atoms with Crippen LogP contribution < -0.4 is 10.9 Å². The monoisotopic (exact) mass is 237 g/mol. The molecule has 2 rings (SSSR count). The van der Waals surface area contributed by atoms with Crippen LogP contribution in [0.3, 0.4) is 0 Å². The normalized spacial score (nSPS) is 22.6. The Kier molecular flexibility index (Phi) is 3.19. The lowest BCUT2D eigenvalue weighted by atomic mass is 10.1. The van der Waals surface area contributed by atoms with Crippen LogP contribution in [-0.4, -0.2) is 27.8 Å². The molecule has 2 heterocycles. The van der Waals surface area contributed by atoms with Crippen molar-refractivity contribution in [3.05, 3.63) is 22.7 Å². The third-order valence-electron chi connectivity index (χ3n) is 3.07. The molecule has 1 fully saturated rings. The van der Waals surface area contributed by atoms with Crippen molar-refractivity contribution in [1.29, 1.82) is 0 Å². The summed E-state index contributed by atoms with van der Waals surface area (Å²) in [5.41, 5.74) is -0.147. The molecule has 94 valence electrons.